The summed E-state index contributed by atoms with van der Waals surface area (Å²) in [5, 5.41) is 3.63. The van der Waals surface area contributed by atoms with Crippen molar-refractivity contribution >= 4 is 47.9 Å². The van der Waals surface area contributed by atoms with Gasteiger partial charge in [0.25, 0.3) is 0 Å². The van der Waals surface area contributed by atoms with Crippen LogP contribution in [0.3, 0.4) is 0 Å². The van der Waals surface area contributed by atoms with Gasteiger partial charge in [-0.1, -0.05) is 11.6 Å². The lowest BCUT2D eigenvalue weighted by Crippen LogP contribution is -2.24. The number of benzene rings is 1. The van der Waals surface area contributed by atoms with Crippen molar-refractivity contribution in [3.63, 3.8) is 0 Å². The summed E-state index contributed by atoms with van der Waals surface area (Å²) in [6.07, 6.45) is 0. The molecule has 7 heteroatoms. The molecule has 1 aliphatic rings. The summed E-state index contributed by atoms with van der Waals surface area (Å²) in [4.78, 5) is 4.21. The molecule has 0 fully saturated rings. The molecule has 96 valence electrons. The second-order valence-electron chi connectivity index (χ2n) is 3.23. The van der Waals surface area contributed by atoms with E-state index in [1.807, 2.05) is 0 Å². The molecule has 1 aromatic carbocycles. The van der Waals surface area contributed by atoms with Crippen molar-refractivity contribution in [2.75, 3.05) is 25.4 Å². The van der Waals surface area contributed by atoms with Crippen molar-refractivity contribution in [1.82, 2.24) is 5.32 Å². The minimum absolute atomic E-state index is 0. The quantitative estimate of drug-likeness (QED) is 0.841. The standard InChI is InChI=1S/C10H12ClN3O.2ClH/c11-8-5-7(1-2-9(8)12)15-6-10-13-3-4-14-10;;/h1-2,5H,3-4,6,12H2,(H,13,14);2*1H. The molecule has 0 spiro atoms. The van der Waals surface area contributed by atoms with Gasteiger partial charge in [0.2, 0.25) is 0 Å². The first kappa shape index (κ1) is 16.2. The third-order valence-corrected chi connectivity index (χ3v) is 2.42. The van der Waals surface area contributed by atoms with Gasteiger partial charge in [-0.15, -0.1) is 24.8 Å². The van der Waals surface area contributed by atoms with Gasteiger partial charge in [0.05, 0.1) is 17.3 Å². The largest absolute Gasteiger partial charge is 0.486 e. The van der Waals surface area contributed by atoms with E-state index in [0.717, 1.165) is 18.9 Å². The summed E-state index contributed by atoms with van der Waals surface area (Å²) < 4.78 is 5.49. The Balaban J connectivity index is 0.00000128. The second-order valence-corrected chi connectivity index (χ2v) is 3.63. The monoisotopic (exact) mass is 297 g/mol. The van der Waals surface area contributed by atoms with Crippen LogP contribution in [0.2, 0.25) is 5.02 Å². The molecule has 4 nitrogen and oxygen atoms in total. The highest BCUT2D eigenvalue weighted by Crippen LogP contribution is 2.23. The van der Waals surface area contributed by atoms with Gasteiger partial charge in [-0.3, -0.25) is 4.99 Å². The Bertz CT molecular complexity index is 398. The molecule has 1 aromatic rings. The maximum atomic E-state index is 5.86. The average molecular weight is 299 g/mol. The Morgan fingerprint density at radius 2 is 2.18 bits per heavy atom. The van der Waals surface area contributed by atoms with E-state index in [1.165, 1.54) is 0 Å². The molecule has 0 amide bonds. The number of anilines is 1. The Morgan fingerprint density at radius 1 is 1.41 bits per heavy atom. The Kier molecular flexibility index (Phi) is 7.11. The first-order valence-electron chi connectivity index (χ1n) is 4.71. The number of rotatable bonds is 3. The van der Waals surface area contributed by atoms with Gasteiger partial charge < -0.3 is 15.8 Å². The van der Waals surface area contributed by atoms with Gasteiger partial charge in [0.1, 0.15) is 18.2 Å². The van der Waals surface area contributed by atoms with Crippen molar-refractivity contribution in [1.29, 1.82) is 0 Å². The molecule has 1 aliphatic heterocycles. The number of ether oxygens (including phenoxy) is 1. The van der Waals surface area contributed by atoms with E-state index in [4.69, 9.17) is 22.1 Å². The van der Waals surface area contributed by atoms with Crippen LogP contribution in [0.4, 0.5) is 5.69 Å². The van der Waals surface area contributed by atoms with Crippen molar-refractivity contribution < 1.29 is 4.74 Å². The fourth-order valence-electron chi connectivity index (χ4n) is 1.29. The van der Waals surface area contributed by atoms with Gasteiger partial charge in [0, 0.05) is 12.6 Å². The Morgan fingerprint density at radius 3 is 2.76 bits per heavy atom. The number of nitrogens with one attached hydrogen (secondary N) is 1. The van der Waals surface area contributed by atoms with Crippen LogP contribution in [-0.4, -0.2) is 25.5 Å². The summed E-state index contributed by atoms with van der Waals surface area (Å²) in [6, 6.07) is 5.21. The SMILES string of the molecule is Cl.Cl.Nc1ccc(OCC2=NCCN2)cc1Cl. The molecule has 2 rings (SSSR count). The smallest absolute Gasteiger partial charge is 0.145 e. The maximum Gasteiger partial charge on any atom is 0.145 e. The van der Waals surface area contributed by atoms with Crippen LogP contribution in [0, 0.1) is 0 Å². The summed E-state index contributed by atoms with van der Waals surface area (Å²) in [6.45, 7) is 2.16. The van der Waals surface area contributed by atoms with Crippen LogP contribution >= 0.6 is 36.4 Å². The summed E-state index contributed by atoms with van der Waals surface area (Å²) in [7, 11) is 0. The number of amidine groups is 1. The number of nitrogens with two attached hydrogens (primary N) is 1. The highest BCUT2D eigenvalue weighted by atomic mass is 35.5. The number of hydrogen-bond acceptors (Lipinski definition) is 4. The van der Waals surface area contributed by atoms with E-state index in [9.17, 15) is 0 Å². The van der Waals surface area contributed by atoms with Gasteiger partial charge in [-0.05, 0) is 12.1 Å². The van der Waals surface area contributed by atoms with Crippen molar-refractivity contribution in [2.24, 2.45) is 4.99 Å². The maximum absolute atomic E-state index is 5.86. The number of nitrogens with zero attached hydrogens (tertiary/aromatic N) is 1. The van der Waals surface area contributed by atoms with Crippen LogP contribution in [0.15, 0.2) is 23.2 Å². The third-order valence-electron chi connectivity index (χ3n) is 2.09. The Hall–Kier alpha value is -0.840. The van der Waals surface area contributed by atoms with Gasteiger partial charge >= 0.3 is 0 Å². The van der Waals surface area contributed by atoms with E-state index < -0.39 is 0 Å². The molecular weight excluding hydrogens is 284 g/mol. The van der Waals surface area contributed by atoms with E-state index >= 15 is 0 Å². The van der Waals surface area contributed by atoms with E-state index in [-0.39, 0.29) is 24.8 Å². The summed E-state index contributed by atoms with van der Waals surface area (Å²) >= 11 is 5.86. The van der Waals surface area contributed by atoms with Crippen LogP contribution in [0.1, 0.15) is 0 Å². The number of halogens is 3. The number of aliphatic imine (C=N–C) groups is 1. The van der Waals surface area contributed by atoms with Crippen molar-refractivity contribution in [2.45, 2.75) is 0 Å². The molecule has 0 saturated heterocycles. The summed E-state index contributed by atoms with van der Waals surface area (Å²) in [5.41, 5.74) is 6.14. The van der Waals surface area contributed by atoms with Crippen LogP contribution < -0.4 is 15.8 Å². The fourth-order valence-corrected chi connectivity index (χ4v) is 1.46. The van der Waals surface area contributed by atoms with Gasteiger partial charge in [-0.25, -0.2) is 0 Å². The molecule has 0 unspecified atom stereocenters. The first-order valence-corrected chi connectivity index (χ1v) is 5.08. The van der Waals surface area contributed by atoms with E-state index in [2.05, 4.69) is 10.3 Å². The number of hydrogen-bond donors (Lipinski definition) is 2. The van der Waals surface area contributed by atoms with E-state index in [1.54, 1.807) is 18.2 Å². The summed E-state index contributed by atoms with van der Waals surface area (Å²) in [5.74, 6) is 1.58. The first-order chi connectivity index (χ1) is 7.25. The van der Waals surface area contributed by atoms with Gasteiger partial charge in [0.15, 0.2) is 0 Å². The van der Waals surface area contributed by atoms with Gasteiger partial charge in [-0.2, -0.15) is 0 Å². The predicted molar refractivity (Wildman–Crippen MR) is 76.2 cm³/mol. The molecule has 0 aromatic heterocycles. The molecule has 3 N–H and O–H groups in total. The third kappa shape index (κ3) is 4.50. The minimum atomic E-state index is 0. The number of nitrogen functional groups attached to an aromatic ring is 1. The zero-order valence-corrected chi connectivity index (χ0v) is 11.4. The van der Waals surface area contributed by atoms with Crippen molar-refractivity contribution in [3.05, 3.63) is 23.2 Å². The molecule has 0 radical (unpaired) electrons. The molecule has 0 saturated carbocycles. The minimum Gasteiger partial charge on any atom is -0.486 e. The molecule has 0 aliphatic carbocycles. The lowest BCUT2D eigenvalue weighted by molar-refractivity contribution is 0.373. The second kappa shape index (κ2) is 7.48. The van der Waals surface area contributed by atoms with E-state index in [0.29, 0.717) is 23.1 Å². The van der Waals surface area contributed by atoms with Crippen LogP contribution in [0.5, 0.6) is 5.75 Å². The predicted octanol–water partition coefficient (Wildman–Crippen LogP) is 2.15. The Labute approximate surface area is 117 Å². The fraction of sp³-hybridized carbons (Fsp3) is 0.300. The van der Waals surface area contributed by atoms with Crippen LogP contribution in [0.25, 0.3) is 0 Å². The van der Waals surface area contributed by atoms with Crippen LogP contribution in [-0.2, 0) is 0 Å². The lowest BCUT2D eigenvalue weighted by atomic mass is 10.3. The zero-order valence-electron chi connectivity index (χ0n) is 8.98. The van der Waals surface area contributed by atoms with Crippen molar-refractivity contribution in [3.8, 4) is 5.75 Å². The highest BCUT2D eigenvalue weighted by Gasteiger charge is 2.06. The zero-order chi connectivity index (χ0) is 10.7. The lowest BCUT2D eigenvalue weighted by Gasteiger charge is -2.07. The molecule has 0 atom stereocenters. The average Bonchev–Trinajstić information content (AvgIpc) is 2.73. The molecule has 17 heavy (non-hydrogen) atoms. The topological polar surface area (TPSA) is 59.6 Å². The molecule has 0 bridgehead atoms. The molecular formula is C10H14Cl3N3O. The highest BCUT2D eigenvalue weighted by molar-refractivity contribution is 6.33. The normalized spacial score (nSPS) is 12.9. The molecule has 1 heterocycles.